The first-order valence-electron chi connectivity index (χ1n) is 3.77. The van der Waals surface area contributed by atoms with Gasteiger partial charge in [-0.2, -0.15) is 0 Å². The number of hydrogen-bond acceptors (Lipinski definition) is 1. The minimum absolute atomic E-state index is 0.549. The molecule has 0 N–H and O–H groups in total. The molecule has 0 radical (unpaired) electrons. The molecule has 60 valence electrons. The molecule has 2 rings (SSSR count). The fourth-order valence-corrected chi connectivity index (χ4v) is 1.40. The lowest BCUT2D eigenvalue weighted by Crippen LogP contribution is -1.78. The summed E-state index contributed by atoms with van der Waals surface area (Å²) in [6.07, 6.45) is 1.79. The highest BCUT2D eigenvalue weighted by Gasteiger charge is 1.94. The first-order valence-corrected chi connectivity index (χ1v) is 4.15. The Hall–Kier alpha value is -1.08. The molecule has 1 heterocycles. The molecule has 0 spiro atoms. The van der Waals surface area contributed by atoms with Gasteiger partial charge in [0.25, 0.3) is 0 Å². The molecular formula is C10H8ClN. The third-order valence-electron chi connectivity index (χ3n) is 1.84. The Labute approximate surface area is 76.0 Å². The number of halogens is 1. The van der Waals surface area contributed by atoms with Crippen LogP contribution in [-0.4, -0.2) is 4.98 Å². The Morgan fingerprint density at radius 2 is 2.00 bits per heavy atom. The highest BCUT2D eigenvalue weighted by atomic mass is 35.5. The van der Waals surface area contributed by atoms with Crippen molar-refractivity contribution in [1.82, 2.24) is 4.98 Å². The van der Waals surface area contributed by atoms with E-state index in [1.165, 1.54) is 5.56 Å². The first kappa shape index (κ1) is 7.56. The molecule has 0 bridgehead atoms. The number of pyridine rings is 1. The van der Waals surface area contributed by atoms with Gasteiger partial charge in [-0.1, -0.05) is 35.4 Å². The van der Waals surface area contributed by atoms with Crippen LogP contribution in [-0.2, 0) is 0 Å². The third-order valence-corrected chi connectivity index (χ3v) is 2.05. The summed E-state index contributed by atoms with van der Waals surface area (Å²) in [6.45, 7) is 2.06. The Kier molecular flexibility index (Phi) is 1.74. The molecule has 1 aromatic heterocycles. The standard InChI is InChI=1S/C10H8ClN/c1-7-2-3-8-6-12-10(11)5-9(8)4-7/h2-6H,1H3. The van der Waals surface area contributed by atoms with Gasteiger partial charge >= 0.3 is 0 Å². The van der Waals surface area contributed by atoms with Gasteiger partial charge < -0.3 is 0 Å². The second-order valence-electron chi connectivity index (χ2n) is 2.86. The summed E-state index contributed by atoms with van der Waals surface area (Å²) in [6, 6.07) is 8.10. The van der Waals surface area contributed by atoms with E-state index in [2.05, 4.69) is 24.0 Å². The highest BCUT2D eigenvalue weighted by Crippen LogP contribution is 2.17. The summed E-state index contributed by atoms with van der Waals surface area (Å²) in [4.78, 5) is 4.00. The van der Waals surface area contributed by atoms with Crippen LogP contribution in [0, 0.1) is 6.92 Å². The monoisotopic (exact) mass is 177 g/mol. The Morgan fingerprint density at radius 1 is 1.17 bits per heavy atom. The highest BCUT2D eigenvalue weighted by molar-refractivity contribution is 6.30. The lowest BCUT2D eigenvalue weighted by atomic mass is 10.1. The molecule has 1 nitrogen and oxygen atoms in total. The van der Waals surface area contributed by atoms with Crippen LogP contribution in [0.25, 0.3) is 10.8 Å². The van der Waals surface area contributed by atoms with Gasteiger partial charge in [0.15, 0.2) is 0 Å². The van der Waals surface area contributed by atoms with Gasteiger partial charge in [0.2, 0.25) is 0 Å². The summed E-state index contributed by atoms with van der Waals surface area (Å²) in [7, 11) is 0. The Balaban J connectivity index is 2.80. The van der Waals surface area contributed by atoms with Crippen molar-refractivity contribution in [3.8, 4) is 0 Å². The van der Waals surface area contributed by atoms with E-state index in [0.717, 1.165) is 10.8 Å². The van der Waals surface area contributed by atoms with Crippen molar-refractivity contribution in [3.05, 3.63) is 41.2 Å². The van der Waals surface area contributed by atoms with Crippen LogP contribution in [0.15, 0.2) is 30.5 Å². The van der Waals surface area contributed by atoms with Gasteiger partial charge in [-0.3, -0.25) is 0 Å². The van der Waals surface area contributed by atoms with E-state index in [1.54, 1.807) is 6.20 Å². The van der Waals surface area contributed by atoms with Crippen molar-refractivity contribution in [2.45, 2.75) is 6.92 Å². The molecule has 0 aliphatic heterocycles. The van der Waals surface area contributed by atoms with Crippen LogP contribution < -0.4 is 0 Å². The second kappa shape index (κ2) is 2.76. The zero-order valence-electron chi connectivity index (χ0n) is 6.71. The van der Waals surface area contributed by atoms with Gasteiger partial charge in [0, 0.05) is 11.6 Å². The minimum Gasteiger partial charge on any atom is -0.244 e. The molecule has 1 aromatic carbocycles. The lowest BCUT2D eigenvalue weighted by Gasteiger charge is -1.98. The average molecular weight is 178 g/mol. The van der Waals surface area contributed by atoms with Gasteiger partial charge in [0.1, 0.15) is 5.15 Å². The molecule has 2 aromatic rings. The van der Waals surface area contributed by atoms with Crippen LogP contribution in [0.1, 0.15) is 5.56 Å². The number of fused-ring (bicyclic) bond motifs is 1. The van der Waals surface area contributed by atoms with E-state index in [1.807, 2.05) is 12.1 Å². The molecular weight excluding hydrogens is 170 g/mol. The van der Waals surface area contributed by atoms with Crippen molar-refractivity contribution >= 4 is 22.4 Å². The van der Waals surface area contributed by atoms with Gasteiger partial charge in [-0.05, 0) is 18.4 Å². The molecule has 0 aliphatic rings. The van der Waals surface area contributed by atoms with E-state index in [9.17, 15) is 0 Å². The number of aromatic nitrogens is 1. The summed E-state index contributed by atoms with van der Waals surface area (Å²) < 4.78 is 0. The van der Waals surface area contributed by atoms with Crippen molar-refractivity contribution in [2.75, 3.05) is 0 Å². The SMILES string of the molecule is Cc1ccc2cnc(Cl)cc2c1. The largest absolute Gasteiger partial charge is 0.244 e. The Morgan fingerprint density at radius 3 is 2.83 bits per heavy atom. The quantitative estimate of drug-likeness (QED) is 0.564. The number of aryl methyl sites for hydroxylation is 1. The molecule has 0 unspecified atom stereocenters. The maximum Gasteiger partial charge on any atom is 0.129 e. The predicted molar refractivity (Wildman–Crippen MR) is 51.5 cm³/mol. The molecule has 2 heteroatoms. The maximum absolute atomic E-state index is 5.76. The topological polar surface area (TPSA) is 12.9 Å². The van der Waals surface area contributed by atoms with E-state index >= 15 is 0 Å². The van der Waals surface area contributed by atoms with Gasteiger partial charge in [0.05, 0.1) is 0 Å². The fourth-order valence-electron chi connectivity index (χ4n) is 1.23. The van der Waals surface area contributed by atoms with Crippen molar-refractivity contribution in [2.24, 2.45) is 0 Å². The lowest BCUT2D eigenvalue weighted by molar-refractivity contribution is 1.36. The zero-order chi connectivity index (χ0) is 8.55. The van der Waals surface area contributed by atoms with Crippen LogP contribution in [0.4, 0.5) is 0 Å². The zero-order valence-corrected chi connectivity index (χ0v) is 7.47. The van der Waals surface area contributed by atoms with Gasteiger partial charge in [-0.15, -0.1) is 0 Å². The van der Waals surface area contributed by atoms with E-state index in [0.29, 0.717) is 5.15 Å². The molecule has 0 saturated carbocycles. The van der Waals surface area contributed by atoms with Crippen molar-refractivity contribution in [3.63, 3.8) is 0 Å². The summed E-state index contributed by atoms with van der Waals surface area (Å²) >= 11 is 5.76. The van der Waals surface area contributed by atoms with Crippen LogP contribution >= 0.6 is 11.6 Å². The molecule has 0 aliphatic carbocycles. The molecule has 0 atom stereocenters. The number of nitrogens with zero attached hydrogens (tertiary/aromatic N) is 1. The van der Waals surface area contributed by atoms with Crippen LogP contribution in [0.5, 0.6) is 0 Å². The molecule has 0 fully saturated rings. The summed E-state index contributed by atoms with van der Waals surface area (Å²) in [5.74, 6) is 0. The molecule has 0 amide bonds. The fraction of sp³-hybridized carbons (Fsp3) is 0.100. The molecule has 12 heavy (non-hydrogen) atoms. The van der Waals surface area contributed by atoms with E-state index < -0.39 is 0 Å². The average Bonchev–Trinajstić information content (AvgIpc) is 2.03. The second-order valence-corrected chi connectivity index (χ2v) is 3.24. The van der Waals surface area contributed by atoms with Crippen LogP contribution in [0.2, 0.25) is 5.15 Å². The van der Waals surface area contributed by atoms with Crippen molar-refractivity contribution < 1.29 is 0 Å². The molecule has 0 saturated heterocycles. The number of rotatable bonds is 0. The van der Waals surface area contributed by atoms with Crippen molar-refractivity contribution in [1.29, 1.82) is 0 Å². The predicted octanol–water partition coefficient (Wildman–Crippen LogP) is 3.20. The maximum atomic E-state index is 5.76. The summed E-state index contributed by atoms with van der Waals surface area (Å²) in [5, 5.41) is 2.83. The summed E-state index contributed by atoms with van der Waals surface area (Å²) in [5.41, 5.74) is 1.24. The third kappa shape index (κ3) is 1.28. The van der Waals surface area contributed by atoms with E-state index in [4.69, 9.17) is 11.6 Å². The van der Waals surface area contributed by atoms with Crippen LogP contribution in [0.3, 0.4) is 0 Å². The Bertz CT molecular complexity index is 386. The number of benzene rings is 1. The normalized spacial score (nSPS) is 10.5. The van der Waals surface area contributed by atoms with E-state index in [-0.39, 0.29) is 0 Å². The smallest absolute Gasteiger partial charge is 0.129 e. The minimum atomic E-state index is 0.549. The van der Waals surface area contributed by atoms with Gasteiger partial charge in [-0.25, -0.2) is 4.98 Å². The first-order chi connectivity index (χ1) is 5.75. The number of hydrogen-bond donors (Lipinski definition) is 0.